The number of anilines is 1. The third kappa shape index (κ3) is 5.00. The molecule has 29 heavy (non-hydrogen) atoms. The van der Waals surface area contributed by atoms with E-state index in [9.17, 15) is 9.00 Å². The van der Waals surface area contributed by atoms with Crippen LogP contribution in [0.25, 0.3) is 0 Å². The summed E-state index contributed by atoms with van der Waals surface area (Å²) in [6.45, 7) is 4.11. The molecule has 0 spiro atoms. The molecule has 156 valence electrons. The molecule has 1 amide bonds. The van der Waals surface area contributed by atoms with Crippen molar-refractivity contribution >= 4 is 21.5 Å². The minimum absolute atomic E-state index is 0.278. The van der Waals surface area contributed by atoms with Gasteiger partial charge in [-0.05, 0) is 69.2 Å². The van der Waals surface area contributed by atoms with Gasteiger partial charge in [-0.3, -0.25) is 5.32 Å². The predicted octanol–water partition coefficient (Wildman–Crippen LogP) is 4.76. The highest BCUT2D eigenvalue weighted by atomic mass is 32.2. The van der Waals surface area contributed by atoms with Crippen LogP contribution in [0.3, 0.4) is 0 Å². The van der Waals surface area contributed by atoms with Gasteiger partial charge in [-0.1, -0.05) is 0 Å². The second-order valence-corrected chi connectivity index (χ2v) is 9.57. The standard InChI is InChI=1S/C21H26N2O5S/c1-21(2)18-14-16(8-11-19(18)23-20(24)28-21)27-12-4-5-13-29(22,25)17-9-6-15(26-3)7-10-17/h6-11,14,22H,4-5,12-13H2,1-3H3,(H,23,24). The summed E-state index contributed by atoms with van der Waals surface area (Å²) < 4.78 is 37.0. The molecule has 1 aliphatic heterocycles. The van der Waals surface area contributed by atoms with Crippen LogP contribution in [0.2, 0.25) is 0 Å². The van der Waals surface area contributed by atoms with Crippen LogP contribution in [0.4, 0.5) is 10.5 Å². The summed E-state index contributed by atoms with van der Waals surface area (Å²) >= 11 is 0. The zero-order valence-corrected chi connectivity index (χ0v) is 17.6. The topological polar surface area (TPSA) is 97.7 Å². The average Bonchev–Trinajstić information content (AvgIpc) is 2.67. The lowest BCUT2D eigenvalue weighted by Crippen LogP contribution is -2.34. The Morgan fingerprint density at radius 2 is 1.79 bits per heavy atom. The zero-order chi connectivity index (χ0) is 21.1. The van der Waals surface area contributed by atoms with Crippen molar-refractivity contribution in [2.24, 2.45) is 0 Å². The molecular formula is C21H26N2O5S. The second kappa shape index (κ2) is 8.32. The lowest BCUT2D eigenvalue weighted by molar-refractivity contribution is 0.0418. The van der Waals surface area contributed by atoms with Crippen LogP contribution in [0, 0.1) is 4.78 Å². The first-order chi connectivity index (χ1) is 13.7. The number of rotatable bonds is 8. The predicted molar refractivity (Wildman–Crippen MR) is 111 cm³/mol. The maximum atomic E-state index is 12.6. The van der Waals surface area contributed by atoms with E-state index in [0.29, 0.717) is 41.5 Å². The summed E-state index contributed by atoms with van der Waals surface area (Å²) in [4.78, 5) is 12.1. The van der Waals surface area contributed by atoms with Gasteiger partial charge in [-0.15, -0.1) is 0 Å². The van der Waals surface area contributed by atoms with Crippen LogP contribution in [-0.2, 0) is 20.1 Å². The number of ether oxygens (including phenoxy) is 3. The zero-order valence-electron chi connectivity index (χ0n) is 16.8. The van der Waals surface area contributed by atoms with Gasteiger partial charge in [0.1, 0.15) is 17.1 Å². The number of fused-ring (bicyclic) bond motifs is 1. The molecule has 7 nitrogen and oxygen atoms in total. The number of nitrogens with one attached hydrogen (secondary N) is 2. The molecule has 2 aromatic carbocycles. The molecule has 1 unspecified atom stereocenters. The van der Waals surface area contributed by atoms with Gasteiger partial charge >= 0.3 is 6.09 Å². The van der Waals surface area contributed by atoms with E-state index in [1.165, 1.54) is 0 Å². The highest BCUT2D eigenvalue weighted by Gasteiger charge is 2.33. The fraction of sp³-hybridized carbons (Fsp3) is 0.381. The lowest BCUT2D eigenvalue weighted by Gasteiger charge is -2.32. The van der Waals surface area contributed by atoms with Crippen molar-refractivity contribution in [3.8, 4) is 11.5 Å². The number of unbranched alkanes of at least 4 members (excludes halogenated alkanes) is 1. The molecule has 2 N–H and O–H groups in total. The molecule has 1 heterocycles. The molecule has 0 saturated heterocycles. The third-order valence-corrected chi connectivity index (χ3v) is 6.66. The van der Waals surface area contributed by atoms with E-state index < -0.39 is 21.4 Å². The second-order valence-electron chi connectivity index (χ2n) is 7.34. The van der Waals surface area contributed by atoms with Crippen molar-refractivity contribution in [3.05, 3.63) is 48.0 Å². The lowest BCUT2D eigenvalue weighted by atomic mass is 9.94. The molecule has 1 aliphatic rings. The first-order valence-electron chi connectivity index (χ1n) is 9.39. The SMILES string of the molecule is COc1ccc(S(=N)(=O)CCCCOc2ccc3c(c2)C(C)(C)OC(=O)N3)cc1. The van der Waals surface area contributed by atoms with Crippen molar-refractivity contribution < 1.29 is 23.2 Å². The monoisotopic (exact) mass is 418 g/mol. The summed E-state index contributed by atoms with van der Waals surface area (Å²) in [7, 11) is -1.26. The van der Waals surface area contributed by atoms with E-state index in [0.717, 1.165) is 5.56 Å². The number of carbonyl (C=O) groups excluding carboxylic acids is 1. The molecule has 1 atom stereocenters. The van der Waals surface area contributed by atoms with Crippen LogP contribution >= 0.6 is 0 Å². The summed E-state index contributed by atoms with van der Waals surface area (Å²) in [5.74, 6) is 1.63. The molecule has 0 aromatic heterocycles. The van der Waals surface area contributed by atoms with Crippen molar-refractivity contribution in [1.82, 2.24) is 0 Å². The fourth-order valence-corrected chi connectivity index (χ4v) is 4.58. The number of amides is 1. The Hall–Kier alpha value is -2.74. The highest BCUT2D eigenvalue weighted by molar-refractivity contribution is 7.92. The smallest absolute Gasteiger partial charge is 0.412 e. The number of hydrogen-bond donors (Lipinski definition) is 2. The van der Waals surface area contributed by atoms with Crippen molar-refractivity contribution in [2.75, 3.05) is 24.8 Å². The molecule has 0 aliphatic carbocycles. The first kappa shape index (κ1) is 21.0. The minimum atomic E-state index is -2.83. The van der Waals surface area contributed by atoms with Gasteiger partial charge in [0.25, 0.3) is 0 Å². The third-order valence-electron chi connectivity index (χ3n) is 4.76. The van der Waals surface area contributed by atoms with Gasteiger partial charge in [-0.2, -0.15) is 0 Å². The van der Waals surface area contributed by atoms with Crippen LogP contribution < -0.4 is 14.8 Å². The largest absolute Gasteiger partial charge is 0.497 e. The summed E-state index contributed by atoms with van der Waals surface area (Å²) in [5, 5.41) is 2.68. The number of methoxy groups -OCH3 is 1. The molecule has 0 saturated carbocycles. The number of benzene rings is 2. The Labute approximate surface area is 171 Å². The van der Waals surface area contributed by atoms with E-state index in [1.807, 2.05) is 19.9 Å². The molecule has 3 rings (SSSR count). The normalized spacial score (nSPS) is 16.7. The van der Waals surface area contributed by atoms with Gasteiger partial charge in [0.15, 0.2) is 0 Å². The highest BCUT2D eigenvalue weighted by Crippen LogP contribution is 2.37. The van der Waals surface area contributed by atoms with Crippen LogP contribution in [0.15, 0.2) is 47.4 Å². The Bertz CT molecular complexity index is 985. The van der Waals surface area contributed by atoms with Crippen LogP contribution in [-0.4, -0.2) is 29.8 Å². The number of cyclic esters (lactones) is 1. The minimum Gasteiger partial charge on any atom is -0.497 e. The van der Waals surface area contributed by atoms with E-state index in [1.54, 1.807) is 43.5 Å². The molecule has 0 bridgehead atoms. The Morgan fingerprint density at radius 3 is 2.48 bits per heavy atom. The first-order valence-corrected chi connectivity index (χ1v) is 11.1. The van der Waals surface area contributed by atoms with Gasteiger partial charge in [0.05, 0.1) is 29.1 Å². The van der Waals surface area contributed by atoms with Crippen molar-refractivity contribution in [3.63, 3.8) is 0 Å². The molecule has 8 heteroatoms. The number of hydrogen-bond acceptors (Lipinski definition) is 6. The van der Waals surface area contributed by atoms with Crippen LogP contribution in [0.1, 0.15) is 32.3 Å². The maximum absolute atomic E-state index is 12.6. The van der Waals surface area contributed by atoms with E-state index in [-0.39, 0.29) is 5.75 Å². The van der Waals surface area contributed by atoms with Gasteiger partial charge in [0.2, 0.25) is 0 Å². The molecule has 0 fully saturated rings. The van der Waals surface area contributed by atoms with Crippen molar-refractivity contribution in [1.29, 1.82) is 4.78 Å². The van der Waals surface area contributed by atoms with Gasteiger partial charge < -0.3 is 14.2 Å². The van der Waals surface area contributed by atoms with E-state index in [4.69, 9.17) is 19.0 Å². The van der Waals surface area contributed by atoms with Crippen LogP contribution in [0.5, 0.6) is 11.5 Å². The molecular weight excluding hydrogens is 392 g/mol. The summed E-state index contributed by atoms with van der Waals surface area (Å²) in [6, 6.07) is 12.3. The van der Waals surface area contributed by atoms with Crippen molar-refractivity contribution in [2.45, 2.75) is 37.2 Å². The van der Waals surface area contributed by atoms with Gasteiger partial charge in [0, 0.05) is 16.2 Å². The molecule has 0 radical (unpaired) electrons. The molecule has 2 aromatic rings. The maximum Gasteiger partial charge on any atom is 0.412 e. The Balaban J connectivity index is 1.51. The Kier molecular flexibility index (Phi) is 6.02. The quantitative estimate of drug-likeness (QED) is 0.603. The van der Waals surface area contributed by atoms with Gasteiger partial charge in [-0.25, -0.2) is 13.8 Å². The number of carbonyl (C=O) groups is 1. The van der Waals surface area contributed by atoms with E-state index in [2.05, 4.69) is 5.32 Å². The average molecular weight is 419 g/mol. The summed E-state index contributed by atoms with van der Waals surface area (Å²) in [5.41, 5.74) is 0.835. The Morgan fingerprint density at radius 1 is 1.10 bits per heavy atom. The summed E-state index contributed by atoms with van der Waals surface area (Å²) in [6.07, 6.45) is 0.830. The fourth-order valence-electron chi connectivity index (χ4n) is 3.15. The van der Waals surface area contributed by atoms with E-state index >= 15 is 0 Å².